The molecule has 0 unspecified atom stereocenters. The number of benzene rings is 1. The Morgan fingerprint density at radius 1 is 1.21 bits per heavy atom. The van der Waals surface area contributed by atoms with Crippen molar-refractivity contribution in [3.63, 3.8) is 0 Å². The molecule has 2 aromatic rings. The number of amides is 4. The molecular weight excluding hydrogens is 460 g/mol. The van der Waals surface area contributed by atoms with Crippen LogP contribution >= 0.6 is 11.6 Å². The molecule has 0 aliphatic rings. The second-order valence-corrected chi connectivity index (χ2v) is 8.34. The number of carbonyl (C=O) groups is 4. The molecule has 2 rings (SSSR count). The number of nitrogens with two attached hydrogens (primary N) is 1. The molecular formula is C21H26ClF2N5O4. The van der Waals surface area contributed by atoms with E-state index < -0.39 is 47.7 Å². The van der Waals surface area contributed by atoms with E-state index in [1.165, 1.54) is 36.2 Å². The van der Waals surface area contributed by atoms with Gasteiger partial charge < -0.3 is 15.6 Å². The molecule has 0 aliphatic heterocycles. The van der Waals surface area contributed by atoms with Crippen molar-refractivity contribution >= 4 is 46.1 Å². The van der Waals surface area contributed by atoms with Gasteiger partial charge in [-0.2, -0.15) is 0 Å². The van der Waals surface area contributed by atoms with E-state index in [2.05, 4.69) is 10.4 Å². The van der Waals surface area contributed by atoms with E-state index in [9.17, 15) is 28.0 Å². The lowest BCUT2D eigenvalue weighted by atomic mass is 10.0. The predicted molar refractivity (Wildman–Crippen MR) is 118 cm³/mol. The quantitative estimate of drug-likeness (QED) is 0.371. The second kappa shape index (κ2) is 11.1. The maximum Gasteiger partial charge on any atom is 0.291 e. The van der Waals surface area contributed by atoms with E-state index in [-0.39, 0.29) is 24.5 Å². The van der Waals surface area contributed by atoms with Crippen molar-refractivity contribution in [2.24, 2.45) is 11.7 Å². The van der Waals surface area contributed by atoms with Crippen LogP contribution < -0.4 is 11.2 Å². The van der Waals surface area contributed by atoms with Crippen molar-refractivity contribution in [1.29, 1.82) is 0 Å². The number of hydrogen-bond acceptors (Lipinski definition) is 4. The lowest BCUT2D eigenvalue weighted by Gasteiger charge is -2.31. The summed E-state index contributed by atoms with van der Waals surface area (Å²) in [4.78, 5) is 53.2. The van der Waals surface area contributed by atoms with Crippen LogP contribution in [0.15, 0.2) is 24.3 Å². The number of nitrogens with one attached hydrogen (secondary N) is 2. The molecule has 9 nitrogen and oxygen atoms in total. The van der Waals surface area contributed by atoms with Gasteiger partial charge >= 0.3 is 0 Å². The summed E-state index contributed by atoms with van der Waals surface area (Å²) in [5.74, 6) is -3.88. The molecule has 4 N–H and O–H groups in total. The van der Waals surface area contributed by atoms with Gasteiger partial charge in [-0.15, -0.1) is 0 Å². The first-order chi connectivity index (χ1) is 15.4. The SMILES string of the molecule is CC(C)C[C@@H](C(=O)NN(CCC(N)=O)C(=O)[C@H](F)Cl)N(C)C(=O)c1cc2cc(F)ccc2[nH]1. The summed E-state index contributed by atoms with van der Waals surface area (Å²) in [5.41, 5.74) is 5.53. The molecule has 1 aromatic carbocycles. The molecule has 0 radical (unpaired) electrons. The summed E-state index contributed by atoms with van der Waals surface area (Å²) in [5, 5.41) is 1.05. The summed E-state index contributed by atoms with van der Waals surface area (Å²) < 4.78 is 26.9. The van der Waals surface area contributed by atoms with Gasteiger partial charge in [0.05, 0.1) is 6.54 Å². The maximum absolute atomic E-state index is 13.5. The molecule has 0 saturated heterocycles. The molecule has 0 spiro atoms. The number of hydrogen-bond donors (Lipinski definition) is 3. The van der Waals surface area contributed by atoms with E-state index in [0.29, 0.717) is 15.9 Å². The van der Waals surface area contributed by atoms with E-state index in [1.54, 1.807) is 0 Å². The number of rotatable bonds is 9. The average Bonchev–Trinajstić information content (AvgIpc) is 3.15. The molecule has 1 aromatic heterocycles. The van der Waals surface area contributed by atoms with Crippen molar-refractivity contribution in [3.8, 4) is 0 Å². The zero-order valence-electron chi connectivity index (χ0n) is 18.4. The van der Waals surface area contributed by atoms with E-state index in [1.807, 2.05) is 13.8 Å². The zero-order valence-corrected chi connectivity index (χ0v) is 19.2. The molecule has 0 fully saturated rings. The highest BCUT2D eigenvalue weighted by Crippen LogP contribution is 2.20. The van der Waals surface area contributed by atoms with Crippen molar-refractivity contribution < 1.29 is 28.0 Å². The van der Waals surface area contributed by atoms with Gasteiger partial charge in [0.15, 0.2) is 0 Å². The van der Waals surface area contributed by atoms with Gasteiger partial charge in [-0.3, -0.25) is 24.6 Å². The Morgan fingerprint density at radius 3 is 2.45 bits per heavy atom. The molecule has 12 heteroatoms. The Bertz CT molecular complexity index is 1040. The number of H-pyrrole nitrogens is 1. The number of halogens is 3. The van der Waals surface area contributed by atoms with Crippen LogP contribution in [0.4, 0.5) is 8.78 Å². The van der Waals surface area contributed by atoms with Crippen LogP contribution in [0.2, 0.25) is 0 Å². The smallest absolute Gasteiger partial charge is 0.291 e. The van der Waals surface area contributed by atoms with Crippen molar-refractivity contribution in [1.82, 2.24) is 20.3 Å². The Balaban J connectivity index is 2.27. The van der Waals surface area contributed by atoms with E-state index in [4.69, 9.17) is 17.3 Å². The molecule has 4 amide bonds. The number of aromatic amines is 1. The van der Waals surface area contributed by atoms with Gasteiger partial charge in [0.25, 0.3) is 23.4 Å². The number of fused-ring (bicyclic) bond motifs is 1. The van der Waals surface area contributed by atoms with Crippen LogP contribution in [0.3, 0.4) is 0 Å². The maximum atomic E-state index is 13.5. The summed E-state index contributed by atoms with van der Waals surface area (Å²) >= 11 is 5.21. The molecule has 0 bridgehead atoms. The molecule has 2 atom stereocenters. The number of carbonyl (C=O) groups excluding carboxylic acids is 4. The molecule has 0 saturated carbocycles. The second-order valence-electron chi connectivity index (χ2n) is 7.96. The minimum absolute atomic E-state index is 0.0375. The topological polar surface area (TPSA) is 129 Å². The standard InChI is InChI=1S/C21H26ClF2N5O4/c1-11(2)8-16(19(31)27-29(7-6-17(25)30)21(33)18(22)24)28(3)20(32)15-10-12-9-13(23)4-5-14(12)26-15/h4-5,9-11,16,18,26H,6-8H2,1-3H3,(H2,25,30)(H,27,31)/t16-,18-/m0/s1. The van der Waals surface area contributed by atoms with Crippen LogP contribution in [-0.2, 0) is 14.4 Å². The largest absolute Gasteiger partial charge is 0.370 e. The number of primary amides is 1. The fourth-order valence-electron chi connectivity index (χ4n) is 3.21. The summed E-state index contributed by atoms with van der Waals surface area (Å²) in [7, 11) is 1.40. The lowest BCUT2D eigenvalue weighted by molar-refractivity contribution is -0.145. The van der Waals surface area contributed by atoms with Gasteiger partial charge in [0.2, 0.25) is 5.91 Å². The summed E-state index contributed by atoms with van der Waals surface area (Å²) in [6.07, 6.45) is -0.133. The summed E-state index contributed by atoms with van der Waals surface area (Å²) in [6.45, 7) is 3.26. The first-order valence-corrected chi connectivity index (χ1v) is 10.6. The van der Waals surface area contributed by atoms with Gasteiger partial charge in [-0.05, 0) is 36.6 Å². The third kappa shape index (κ3) is 6.88. The number of nitrogens with zero attached hydrogens (tertiary/aromatic N) is 2. The Labute approximate surface area is 194 Å². The van der Waals surface area contributed by atoms with Gasteiger partial charge in [-0.25, -0.2) is 13.8 Å². The average molecular weight is 486 g/mol. The van der Waals surface area contributed by atoms with Crippen LogP contribution in [-0.4, -0.2) is 63.8 Å². The van der Waals surface area contributed by atoms with Crippen molar-refractivity contribution in [3.05, 3.63) is 35.8 Å². The minimum Gasteiger partial charge on any atom is -0.370 e. The third-order valence-corrected chi connectivity index (χ3v) is 5.06. The first kappa shape index (κ1) is 26.0. The Hall–Kier alpha value is -3.21. The Morgan fingerprint density at radius 2 is 1.88 bits per heavy atom. The van der Waals surface area contributed by atoms with Crippen molar-refractivity contribution in [2.75, 3.05) is 13.6 Å². The number of hydrazine groups is 1. The van der Waals surface area contributed by atoms with Crippen LogP contribution in [0.25, 0.3) is 10.9 Å². The Kier molecular flexibility index (Phi) is 8.75. The third-order valence-electron chi connectivity index (χ3n) is 4.88. The highest BCUT2D eigenvalue weighted by atomic mass is 35.5. The monoisotopic (exact) mass is 485 g/mol. The van der Waals surface area contributed by atoms with E-state index in [0.717, 1.165) is 0 Å². The van der Waals surface area contributed by atoms with Gasteiger partial charge in [0.1, 0.15) is 17.6 Å². The summed E-state index contributed by atoms with van der Waals surface area (Å²) in [6, 6.07) is 4.41. The fraction of sp³-hybridized carbons (Fsp3) is 0.429. The van der Waals surface area contributed by atoms with Crippen LogP contribution in [0.5, 0.6) is 0 Å². The first-order valence-electron chi connectivity index (χ1n) is 10.1. The fourth-order valence-corrected chi connectivity index (χ4v) is 3.32. The normalized spacial score (nSPS) is 12.9. The van der Waals surface area contributed by atoms with Crippen molar-refractivity contribution in [2.45, 2.75) is 38.4 Å². The number of likely N-dealkylation sites (N-methyl/N-ethyl adjacent to an activating group) is 1. The van der Waals surface area contributed by atoms with Crippen LogP contribution in [0, 0.1) is 11.7 Å². The van der Waals surface area contributed by atoms with E-state index >= 15 is 0 Å². The lowest BCUT2D eigenvalue weighted by Crippen LogP contribution is -2.56. The number of alkyl halides is 2. The number of aromatic nitrogens is 1. The molecule has 1 heterocycles. The molecule has 0 aliphatic carbocycles. The van der Waals surface area contributed by atoms with Gasteiger partial charge in [0, 0.05) is 24.4 Å². The zero-order chi connectivity index (χ0) is 24.9. The highest BCUT2D eigenvalue weighted by Gasteiger charge is 2.32. The van der Waals surface area contributed by atoms with Crippen LogP contribution in [0.1, 0.15) is 37.2 Å². The minimum atomic E-state index is -2.45. The molecule has 180 valence electrons. The van der Waals surface area contributed by atoms with Gasteiger partial charge in [-0.1, -0.05) is 25.4 Å². The predicted octanol–water partition coefficient (Wildman–Crippen LogP) is 2.06. The molecule has 33 heavy (non-hydrogen) atoms. The highest BCUT2D eigenvalue weighted by molar-refractivity contribution is 6.29.